The first-order valence-electron chi connectivity index (χ1n) is 12.4. The van der Waals surface area contributed by atoms with E-state index in [1.165, 1.54) is 25.7 Å². The predicted octanol–water partition coefficient (Wildman–Crippen LogP) is 5.41. The monoisotopic (exact) mass is 542 g/mol. The molecule has 0 radical (unpaired) electrons. The van der Waals surface area contributed by atoms with Gasteiger partial charge in [0.25, 0.3) is 0 Å². The number of ether oxygens (including phenoxy) is 5. The number of carbonyl (C=O) groups is 2. The lowest BCUT2D eigenvalue weighted by Gasteiger charge is -2.09. The second-order valence-corrected chi connectivity index (χ2v) is 8.05. The Labute approximate surface area is 213 Å². The van der Waals surface area contributed by atoms with E-state index in [-0.39, 0.29) is 52.2 Å². The topological polar surface area (TPSA) is 80.3 Å². The number of halogens is 5. The van der Waals surface area contributed by atoms with Gasteiger partial charge in [0.1, 0.15) is 6.61 Å². The lowest BCUT2D eigenvalue weighted by molar-refractivity contribution is -0.145. The van der Waals surface area contributed by atoms with Crippen LogP contribution in [0.15, 0.2) is 0 Å². The molecule has 0 aliphatic rings. The van der Waals surface area contributed by atoms with Gasteiger partial charge in [-0.05, 0) is 6.42 Å². The van der Waals surface area contributed by atoms with E-state index < -0.39 is 47.2 Å². The van der Waals surface area contributed by atoms with E-state index in [1.54, 1.807) is 0 Å². The van der Waals surface area contributed by atoms with E-state index in [0.717, 1.165) is 19.3 Å². The second kappa shape index (κ2) is 19.8. The maximum Gasteiger partial charge on any atom is 0.313 e. The van der Waals surface area contributed by atoms with Crippen molar-refractivity contribution in [1.29, 1.82) is 0 Å². The zero-order chi connectivity index (χ0) is 27.5. The molecular formula is C25H35F5O7. The summed E-state index contributed by atoms with van der Waals surface area (Å²) in [6, 6.07) is 0. The van der Waals surface area contributed by atoms with Crippen molar-refractivity contribution in [2.24, 2.45) is 0 Å². The van der Waals surface area contributed by atoms with Gasteiger partial charge in [0.15, 0.2) is 0 Å². The molecule has 0 atom stereocenters. The van der Waals surface area contributed by atoms with E-state index in [0.29, 0.717) is 6.42 Å². The van der Waals surface area contributed by atoms with Crippen LogP contribution in [0.3, 0.4) is 0 Å². The van der Waals surface area contributed by atoms with E-state index in [2.05, 4.69) is 11.7 Å². The summed E-state index contributed by atoms with van der Waals surface area (Å²) in [5.41, 5.74) is 0. The van der Waals surface area contributed by atoms with Crippen molar-refractivity contribution in [1.82, 2.24) is 0 Å². The van der Waals surface area contributed by atoms with Gasteiger partial charge in [-0.15, -0.1) is 0 Å². The smallest absolute Gasteiger partial charge is 0.313 e. The van der Waals surface area contributed by atoms with Crippen LogP contribution in [0.5, 0.6) is 5.75 Å². The minimum atomic E-state index is -2.35. The molecule has 0 aliphatic carbocycles. The largest absolute Gasteiger partial charge is 0.463 e. The molecule has 0 spiro atoms. The third-order valence-corrected chi connectivity index (χ3v) is 5.06. The molecule has 0 unspecified atom stereocenters. The highest BCUT2D eigenvalue weighted by Crippen LogP contribution is 2.29. The van der Waals surface area contributed by atoms with Crippen LogP contribution in [-0.4, -0.2) is 58.2 Å². The lowest BCUT2D eigenvalue weighted by Crippen LogP contribution is -2.16. The molecule has 0 saturated heterocycles. The molecule has 7 nitrogen and oxygen atoms in total. The Morgan fingerprint density at radius 2 is 1.00 bits per heavy atom. The molecule has 37 heavy (non-hydrogen) atoms. The molecule has 0 saturated carbocycles. The van der Waals surface area contributed by atoms with Gasteiger partial charge < -0.3 is 23.7 Å². The first-order valence-corrected chi connectivity index (χ1v) is 12.4. The highest BCUT2D eigenvalue weighted by Gasteiger charge is 2.28. The van der Waals surface area contributed by atoms with Gasteiger partial charge in [-0.25, -0.2) is 13.2 Å². The molecule has 0 fully saturated rings. The van der Waals surface area contributed by atoms with Crippen molar-refractivity contribution < 1.29 is 55.2 Å². The molecule has 0 heterocycles. The Balaban J connectivity index is 1.96. The fraction of sp³-hybridized carbons (Fsp3) is 0.680. The number of hydrogen-bond donors (Lipinski definition) is 0. The van der Waals surface area contributed by atoms with Crippen LogP contribution >= 0.6 is 0 Å². The zero-order valence-corrected chi connectivity index (χ0v) is 21.1. The average molecular weight is 543 g/mol. The molecule has 1 rings (SSSR count). The minimum Gasteiger partial charge on any atom is -0.463 e. The summed E-state index contributed by atoms with van der Waals surface area (Å²) in [6.45, 7) is 3.10. The fourth-order valence-electron chi connectivity index (χ4n) is 3.05. The van der Waals surface area contributed by atoms with Crippen LogP contribution < -0.4 is 4.74 Å². The quantitative estimate of drug-likeness (QED) is 0.0513. The van der Waals surface area contributed by atoms with Gasteiger partial charge in [0.05, 0.1) is 46.1 Å². The van der Waals surface area contributed by atoms with Crippen molar-refractivity contribution in [2.75, 3.05) is 46.2 Å². The zero-order valence-electron chi connectivity index (χ0n) is 21.1. The lowest BCUT2D eigenvalue weighted by atomic mass is 10.1. The molecule has 212 valence electrons. The Bertz CT molecular complexity index is 794. The van der Waals surface area contributed by atoms with Crippen LogP contribution in [0, 0.1) is 29.1 Å². The molecule has 1 aromatic rings. The standard InChI is InChI=1S/C25H35F5O7/c1-2-3-4-5-6-7-8-9-18(31)36-17-16-35-15-14-34-13-12-33-11-10-19(32)37-25-23(29)21(27)20(26)22(28)24(25)30/h2-17H2,1H3. The van der Waals surface area contributed by atoms with E-state index >= 15 is 0 Å². The van der Waals surface area contributed by atoms with Crippen molar-refractivity contribution in [3.63, 3.8) is 0 Å². The number of benzene rings is 1. The van der Waals surface area contributed by atoms with Crippen LogP contribution in [0.1, 0.15) is 64.7 Å². The number of esters is 2. The Morgan fingerprint density at radius 3 is 1.57 bits per heavy atom. The molecule has 0 N–H and O–H groups in total. The fourth-order valence-corrected chi connectivity index (χ4v) is 3.05. The Morgan fingerprint density at radius 1 is 0.541 bits per heavy atom. The first-order chi connectivity index (χ1) is 17.8. The van der Waals surface area contributed by atoms with Crippen LogP contribution in [0.4, 0.5) is 22.0 Å². The highest BCUT2D eigenvalue weighted by atomic mass is 19.2. The van der Waals surface area contributed by atoms with Crippen LogP contribution in [0.25, 0.3) is 0 Å². The van der Waals surface area contributed by atoms with Crippen molar-refractivity contribution in [3.05, 3.63) is 29.1 Å². The molecule has 0 bridgehead atoms. The molecule has 12 heteroatoms. The summed E-state index contributed by atoms with van der Waals surface area (Å²) in [5, 5.41) is 0. The summed E-state index contributed by atoms with van der Waals surface area (Å²) in [7, 11) is 0. The normalized spacial score (nSPS) is 11.1. The van der Waals surface area contributed by atoms with Crippen molar-refractivity contribution >= 4 is 11.9 Å². The molecular weight excluding hydrogens is 507 g/mol. The van der Waals surface area contributed by atoms with Crippen molar-refractivity contribution in [2.45, 2.75) is 64.7 Å². The number of rotatable bonds is 21. The molecule has 0 amide bonds. The second-order valence-electron chi connectivity index (χ2n) is 8.05. The Kier molecular flexibility index (Phi) is 17.5. The summed E-state index contributed by atoms with van der Waals surface area (Å²) >= 11 is 0. The SMILES string of the molecule is CCCCCCCCCC(=O)OCCOCCOCCOCCC(=O)Oc1c(F)c(F)c(F)c(F)c1F. The van der Waals surface area contributed by atoms with Crippen LogP contribution in [0.2, 0.25) is 0 Å². The van der Waals surface area contributed by atoms with E-state index in [9.17, 15) is 31.5 Å². The Hall–Kier alpha value is -2.31. The highest BCUT2D eigenvalue weighted by molar-refractivity contribution is 5.72. The van der Waals surface area contributed by atoms with Gasteiger partial charge >= 0.3 is 11.9 Å². The maximum atomic E-state index is 13.5. The average Bonchev–Trinajstić information content (AvgIpc) is 2.88. The van der Waals surface area contributed by atoms with Crippen LogP contribution in [-0.2, 0) is 28.5 Å². The summed E-state index contributed by atoms with van der Waals surface area (Å²) in [4.78, 5) is 23.2. The number of unbranched alkanes of at least 4 members (excludes halogenated alkanes) is 6. The third-order valence-electron chi connectivity index (χ3n) is 5.06. The van der Waals surface area contributed by atoms with Gasteiger partial charge in [0, 0.05) is 6.42 Å². The molecule has 1 aromatic carbocycles. The van der Waals surface area contributed by atoms with Gasteiger partial charge in [-0.2, -0.15) is 8.78 Å². The molecule has 0 aromatic heterocycles. The summed E-state index contributed by atoms with van der Waals surface area (Å²) in [5.74, 6) is -14.4. The van der Waals surface area contributed by atoms with Gasteiger partial charge in [-0.3, -0.25) is 9.59 Å². The van der Waals surface area contributed by atoms with Gasteiger partial charge in [-0.1, -0.05) is 45.4 Å². The van der Waals surface area contributed by atoms with E-state index in [1.807, 2.05) is 0 Å². The van der Waals surface area contributed by atoms with Gasteiger partial charge in [0.2, 0.25) is 34.8 Å². The summed E-state index contributed by atoms with van der Waals surface area (Å²) < 4.78 is 91.1. The predicted molar refractivity (Wildman–Crippen MR) is 123 cm³/mol. The first kappa shape index (κ1) is 32.7. The maximum absolute atomic E-state index is 13.5. The van der Waals surface area contributed by atoms with E-state index in [4.69, 9.17) is 18.9 Å². The number of carbonyl (C=O) groups excluding carboxylic acids is 2. The third kappa shape index (κ3) is 13.7. The summed E-state index contributed by atoms with van der Waals surface area (Å²) in [6.07, 6.45) is 7.83. The van der Waals surface area contributed by atoms with Crippen molar-refractivity contribution in [3.8, 4) is 5.75 Å². The molecule has 0 aliphatic heterocycles. The minimum absolute atomic E-state index is 0.0754. The number of hydrogen-bond acceptors (Lipinski definition) is 7.